The molecule has 0 saturated heterocycles. The second kappa shape index (κ2) is 5.38. The lowest BCUT2D eigenvalue weighted by molar-refractivity contribution is 0.0697. The van der Waals surface area contributed by atoms with Crippen molar-refractivity contribution in [1.82, 2.24) is 0 Å². The number of rotatable bonds is 3. The SMILES string of the molecule is NC(c1ccc(C(=O)O)cc1)c1cccc2ccccc12. The fourth-order valence-electron chi connectivity index (χ4n) is 2.53. The van der Waals surface area contributed by atoms with Gasteiger partial charge in [0.05, 0.1) is 11.6 Å². The largest absolute Gasteiger partial charge is 0.478 e. The minimum absolute atomic E-state index is 0.267. The van der Waals surface area contributed by atoms with Crippen LogP contribution in [0.5, 0.6) is 0 Å². The number of benzene rings is 3. The Balaban J connectivity index is 2.04. The lowest BCUT2D eigenvalue weighted by atomic mass is 9.94. The van der Waals surface area contributed by atoms with E-state index < -0.39 is 5.97 Å². The van der Waals surface area contributed by atoms with Crippen LogP contribution in [0.2, 0.25) is 0 Å². The first-order chi connectivity index (χ1) is 10.2. The maximum Gasteiger partial charge on any atom is 0.335 e. The monoisotopic (exact) mass is 277 g/mol. The third-order valence-electron chi connectivity index (χ3n) is 3.68. The predicted octanol–water partition coefficient (Wildman–Crippen LogP) is 3.59. The Labute approximate surface area is 122 Å². The molecule has 0 heterocycles. The summed E-state index contributed by atoms with van der Waals surface area (Å²) in [5.74, 6) is -0.930. The van der Waals surface area contributed by atoms with Gasteiger partial charge in [-0.3, -0.25) is 0 Å². The van der Waals surface area contributed by atoms with Crippen LogP contribution in [-0.2, 0) is 0 Å². The topological polar surface area (TPSA) is 63.3 Å². The van der Waals surface area contributed by atoms with Gasteiger partial charge in [-0.1, -0.05) is 54.6 Å². The van der Waals surface area contributed by atoms with Crippen molar-refractivity contribution in [3.05, 3.63) is 83.4 Å². The summed E-state index contributed by atoms with van der Waals surface area (Å²) < 4.78 is 0. The summed E-state index contributed by atoms with van der Waals surface area (Å²) in [5.41, 5.74) is 8.57. The molecule has 21 heavy (non-hydrogen) atoms. The Hall–Kier alpha value is -2.65. The molecule has 3 aromatic rings. The molecule has 0 aliphatic carbocycles. The van der Waals surface area contributed by atoms with Crippen LogP contribution in [0.15, 0.2) is 66.7 Å². The normalized spacial score (nSPS) is 12.2. The zero-order valence-corrected chi connectivity index (χ0v) is 11.4. The van der Waals surface area contributed by atoms with Crippen LogP contribution in [0.25, 0.3) is 10.8 Å². The van der Waals surface area contributed by atoms with E-state index in [1.807, 2.05) is 24.3 Å². The number of hydrogen-bond acceptors (Lipinski definition) is 2. The molecular formula is C18H15NO2. The third kappa shape index (κ3) is 2.51. The molecular weight excluding hydrogens is 262 g/mol. The zero-order valence-electron chi connectivity index (χ0n) is 11.4. The first-order valence-corrected chi connectivity index (χ1v) is 6.73. The molecule has 3 heteroatoms. The van der Waals surface area contributed by atoms with Gasteiger partial charge in [-0.15, -0.1) is 0 Å². The van der Waals surface area contributed by atoms with Crippen molar-refractivity contribution in [2.75, 3.05) is 0 Å². The maximum atomic E-state index is 10.9. The van der Waals surface area contributed by atoms with Crippen LogP contribution < -0.4 is 5.73 Å². The summed E-state index contributed by atoms with van der Waals surface area (Å²) in [7, 11) is 0. The quantitative estimate of drug-likeness (QED) is 0.769. The Morgan fingerprint density at radius 2 is 1.57 bits per heavy atom. The van der Waals surface area contributed by atoms with E-state index in [1.54, 1.807) is 24.3 Å². The van der Waals surface area contributed by atoms with E-state index in [-0.39, 0.29) is 11.6 Å². The second-order valence-electron chi connectivity index (χ2n) is 4.97. The lowest BCUT2D eigenvalue weighted by Gasteiger charge is -2.15. The Morgan fingerprint density at radius 1 is 0.905 bits per heavy atom. The highest BCUT2D eigenvalue weighted by Crippen LogP contribution is 2.27. The van der Waals surface area contributed by atoms with Crippen molar-refractivity contribution in [2.24, 2.45) is 5.73 Å². The standard InChI is InChI=1S/C18H15NO2/c19-17(13-8-10-14(11-9-13)18(20)21)16-7-3-5-12-4-1-2-6-15(12)16/h1-11,17H,19H2,(H,20,21). The number of carboxylic acids is 1. The van der Waals surface area contributed by atoms with Crippen LogP contribution in [0, 0.1) is 0 Å². The highest BCUT2D eigenvalue weighted by molar-refractivity contribution is 5.88. The molecule has 0 aliphatic heterocycles. The van der Waals surface area contributed by atoms with Crippen LogP contribution in [0.3, 0.4) is 0 Å². The van der Waals surface area contributed by atoms with Crippen LogP contribution >= 0.6 is 0 Å². The van der Waals surface area contributed by atoms with E-state index in [0.29, 0.717) is 0 Å². The molecule has 3 N–H and O–H groups in total. The van der Waals surface area contributed by atoms with E-state index in [1.165, 1.54) is 0 Å². The fraction of sp³-hybridized carbons (Fsp3) is 0.0556. The molecule has 0 aliphatic rings. The Morgan fingerprint density at radius 3 is 2.29 bits per heavy atom. The Kier molecular flexibility index (Phi) is 3.42. The minimum atomic E-state index is -0.930. The number of hydrogen-bond donors (Lipinski definition) is 2. The first kappa shape index (κ1) is 13.3. The van der Waals surface area contributed by atoms with Gasteiger partial charge in [-0.05, 0) is 34.0 Å². The van der Waals surface area contributed by atoms with Gasteiger partial charge in [-0.2, -0.15) is 0 Å². The van der Waals surface area contributed by atoms with Crippen molar-refractivity contribution in [1.29, 1.82) is 0 Å². The van der Waals surface area contributed by atoms with E-state index in [9.17, 15) is 4.79 Å². The summed E-state index contributed by atoms with van der Waals surface area (Å²) >= 11 is 0. The summed E-state index contributed by atoms with van der Waals surface area (Å²) in [6.07, 6.45) is 0. The van der Waals surface area contributed by atoms with Gasteiger partial charge in [0.2, 0.25) is 0 Å². The van der Waals surface area contributed by atoms with Crippen molar-refractivity contribution >= 4 is 16.7 Å². The van der Waals surface area contributed by atoms with Gasteiger partial charge < -0.3 is 10.8 Å². The van der Waals surface area contributed by atoms with E-state index in [4.69, 9.17) is 10.8 Å². The molecule has 0 spiro atoms. The minimum Gasteiger partial charge on any atom is -0.478 e. The third-order valence-corrected chi connectivity index (χ3v) is 3.68. The summed E-state index contributed by atoms with van der Waals surface area (Å²) in [5, 5.41) is 11.2. The van der Waals surface area contributed by atoms with Gasteiger partial charge in [0, 0.05) is 0 Å². The van der Waals surface area contributed by atoms with Gasteiger partial charge in [0.25, 0.3) is 0 Å². The highest BCUT2D eigenvalue weighted by Gasteiger charge is 2.12. The zero-order chi connectivity index (χ0) is 14.8. The van der Waals surface area contributed by atoms with Gasteiger partial charge in [-0.25, -0.2) is 4.79 Å². The molecule has 104 valence electrons. The molecule has 0 bridgehead atoms. The Bertz CT molecular complexity index is 788. The predicted molar refractivity (Wildman–Crippen MR) is 83.4 cm³/mol. The smallest absolute Gasteiger partial charge is 0.335 e. The average Bonchev–Trinajstić information content (AvgIpc) is 2.53. The summed E-state index contributed by atoms with van der Waals surface area (Å²) in [4.78, 5) is 10.9. The molecule has 0 radical (unpaired) electrons. The molecule has 1 unspecified atom stereocenters. The molecule has 3 nitrogen and oxygen atoms in total. The van der Waals surface area contributed by atoms with Crippen LogP contribution in [0.4, 0.5) is 0 Å². The second-order valence-corrected chi connectivity index (χ2v) is 4.97. The average molecular weight is 277 g/mol. The van der Waals surface area contributed by atoms with Crippen molar-refractivity contribution in [2.45, 2.75) is 6.04 Å². The summed E-state index contributed by atoms with van der Waals surface area (Å²) in [6.45, 7) is 0. The summed E-state index contributed by atoms with van der Waals surface area (Å²) in [6, 6.07) is 20.6. The van der Waals surface area contributed by atoms with Crippen molar-refractivity contribution < 1.29 is 9.90 Å². The number of aromatic carboxylic acids is 1. The number of fused-ring (bicyclic) bond motifs is 1. The van der Waals surface area contributed by atoms with Crippen LogP contribution in [-0.4, -0.2) is 11.1 Å². The van der Waals surface area contributed by atoms with Gasteiger partial charge >= 0.3 is 5.97 Å². The molecule has 1 atom stereocenters. The van der Waals surface area contributed by atoms with Crippen molar-refractivity contribution in [3.8, 4) is 0 Å². The molecule has 3 rings (SSSR count). The first-order valence-electron chi connectivity index (χ1n) is 6.73. The molecule has 0 aromatic heterocycles. The molecule has 0 fully saturated rings. The maximum absolute atomic E-state index is 10.9. The molecule has 0 amide bonds. The van der Waals surface area contributed by atoms with Crippen molar-refractivity contribution in [3.63, 3.8) is 0 Å². The van der Waals surface area contributed by atoms with E-state index in [2.05, 4.69) is 18.2 Å². The number of nitrogens with two attached hydrogens (primary N) is 1. The highest BCUT2D eigenvalue weighted by atomic mass is 16.4. The van der Waals surface area contributed by atoms with Gasteiger partial charge in [0.15, 0.2) is 0 Å². The molecule has 3 aromatic carbocycles. The van der Waals surface area contributed by atoms with Gasteiger partial charge in [0.1, 0.15) is 0 Å². The van der Waals surface area contributed by atoms with E-state index >= 15 is 0 Å². The number of carbonyl (C=O) groups is 1. The molecule has 0 saturated carbocycles. The lowest BCUT2D eigenvalue weighted by Crippen LogP contribution is -2.12. The van der Waals surface area contributed by atoms with E-state index in [0.717, 1.165) is 21.9 Å². The fourth-order valence-corrected chi connectivity index (χ4v) is 2.53. The van der Waals surface area contributed by atoms with Crippen LogP contribution in [0.1, 0.15) is 27.5 Å². The number of carboxylic acid groups (broad SMARTS) is 1.